The van der Waals surface area contributed by atoms with Gasteiger partial charge in [0.1, 0.15) is 11.4 Å². The lowest BCUT2D eigenvalue weighted by Crippen LogP contribution is -2.35. The molecule has 0 saturated carbocycles. The first-order chi connectivity index (χ1) is 18.5. The molecule has 1 saturated heterocycles. The molecular formula is C25H24F3N7O4. The fourth-order valence-electron chi connectivity index (χ4n) is 4.73. The second-order valence-corrected chi connectivity index (χ2v) is 9.09. The Balaban J connectivity index is 1.63. The van der Waals surface area contributed by atoms with Crippen molar-refractivity contribution in [3.63, 3.8) is 0 Å². The zero-order chi connectivity index (χ0) is 27.9. The molecule has 204 valence electrons. The van der Waals surface area contributed by atoms with Gasteiger partial charge in [0.25, 0.3) is 5.91 Å². The number of hydrogen-bond acceptors (Lipinski definition) is 8. The average molecular weight is 544 g/mol. The zero-order valence-corrected chi connectivity index (χ0v) is 20.8. The largest absolute Gasteiger partial charge is 0.435 e. The van der Waals surface area contributed by atoms with E-state index >= 15 is 0 Å². The lowest BCUT2D eigenvalue weighted by molar-refractivity contribution is -0.141. The van der Waals surface area contributed by atoms with Crippen LogP contribution in [0.5, 0.6) is 0 Å². The Morgan fingerprint density at radius 1 is 1.05 bits per heavy atom. The van der Waals surface area contributed by atoms with Gasteiger partial charge >= 0.3 is 6.18 Å². The Bertz CT molecular complexity index is 1570. The molecule has 2 amide bonds. The van der Waals surface area contributed by atoms with Crippen molar-refractivity contribution < 1.29 is 32.0 Å². The SMILES string of the molecule is Cc1c(-c2c(C(N)=O)nc3ccccc3c2C(N)=O)c(C(F)(F)F)nn1Cc1cc(CN2CCOCC2)on1. The molecule has 14 heteroatoms. The van der Waals surface area contributed by atoms with Crippen LogP contribution < -0.4 is 11.5 Å². The van der Waals surface area contributed by atoms with E-state index in [2.05, 4.69) is 20.1 Å². The normalized spacial score (nSPS) is 14.7. The van der Waals surface area contributed by atoms with Gasteiger partial charge < -0.3 is 20.7 Å². The molecule has 5 rings (SSSR count). The fourth-order valence-corrected chi connectivity index (χ4v) is 4.73. The predicted octanol–water partition coefficient (Wildman–Crippen LogP) is 2.49. The number of aromatic nitrogens is 4. The highest BCUT2D eigenvalue weighted by molar-refractivity contribution is 6.15. The number of rotatable bonds is 7. The standard InChI is InChI=1S/C25H24F3N7O4/c1-13-18(20-19(23(29)36)16-4-2-3-5-17(16)31-21(20)24(30)37)22(25(26,27)28)32-35(13)11-14-10-15(39-33-14)12-34-6-8-38-9-7-34/h2-5,10H,6-9,11-12H2,1H3,(H2,29,36)(H2,30,37). The number of nitrogens with zero attached hydrogens (tertiary/aromatic N) is 5. The van der Waals surface area contributed by atoms with Gasteiger partial charge in [0.05, 0.1) is 37.4 Å². The van der Waals surface area contributed by atoms with Gasteiger partial charge in [-0.25, -0.2) is 4.98 Å². The lowest BCUT2D eigenvalue weighted by Gasteiger charge is -2.25. The third-order valence-electron chi connectivity index (χ3n) is 6.50. The summed E-state index contributed by atoms with van der Waals surface area (Å²) >= 11 is 0. The van der Waals surface area contributed by atoms with Gasteiger partial charge in [-0.15, -0.1) is 0 Å². The fraction of sp³-hybridized carbons (Fsp3) is 0.320. The number of pyridine rings is 1. The van der Waals surface area contributed by atoms with Gasteiger partial charge in [0.15, 0.2) is 11.5 Å². The quantitative estimate of drug-likeness (QED) is 0.360. The van der Waals surface area contributed by atoms with Crippen LogP contribution in [0.15, 0.2) is 34.9 Å². The molecule has 39 heavy (non-hydrogen) atoms. The number of benzene rings is 1. The van der Waals surface area contributed by atoms with E-state index in [1.807, 2.05) is 0 Å². The lowest BCUT2D eigenvalue weighted by atomic mass is 9.92. The first-order valence-electron chi connectivity index (χ1n) is 12.0. The van der Waals surface area contributed by atoms with Crippen LogP contribution in [0, 0.1) is 6.92 Å². The van der Waals surface area contributed by atoms with E-state index in [9.17, 15) is 22.8 Å². The van der Waals surface area contributed by atoms with Crippen LogP contribution in [-0.2, 0) is 24.0 Å². The Morgan fingerprint density at radius 2 is 1.77 bits per heavy atom. The Morgan fingerprint density at radius 3 is 2.44 bits per heavy atom. The van der Waals surface area contributed by atoms with Crippen LogP contribution in [0.25, 0.3) is 22.0 Å². The van der Waals surface area contributed by atoms with Crippen molar-refractivity contribution in [2.24, 2.45) is 11.5 Å². The highest BCUT2D eigenvalue weighted by atomic mass is 19.4. The maximum Gasteiger partial charge on any atom is 0.435 e. The highest BCUT2D eigenvalue weighted by Gasteiger charge is 2.41. The Kier molecular flexibility index (Phi) is 6.82. The molecule has 4 heterocycles. The predicted molar refractivity (Wildman–Crippen MR) is 131 cm³/mol. The van der Waals surface area contributed by atoms with Crippen molar-refractivity contribution in [2.75, 3.05) is 26.3 Å². The minimum atomic E-state index is -4.95. The van der Waals surface area contributed by atoms with Crippen LogP contribution in [0.3, 0.4) is 0 Å². The minimum Gasteiger partial charge on any atom is -0.379 e. The number of halogens is 3. The second kappa shape index (κ2) is 10.1. The minimum absolute atomic E-state index is 0.00198. The molecule has 0 atom stereocenters. The van der Waals surface area contributed by atoms with E-state index in [4.69, 9.17) is 20.7 Å². The van der Waals surface area contributed by atoms with E-state index in [0.717, 1.165) is 17.8 Å². The molecule has 4 N–H and O–H groups in total. The summed E-state index contributed by atoms with van der Waals surface area (Å²) in [5, 5.41) is 7.97. The van der Waals surface area contributed by atoms with Gasteiger partial charge in [-0.05, 0) is 13.0 Å². The van der Waals surface area contributed by atoms with Crippen LogP contribution in [-0.4, -0.2) is 62.9 Å². The highest BCUT2D eigenvalue weighted by Crippen LogP contribution is 2.42. The van der Waals surface area contributed by atoms with Crippen LogP contribution in [0.4, 0.5) is 13.2 Å². The van der Waals surface area contributed by atoms with Crippen molar-refractivity contribution in [2.45, 2.75) is 26.2 Å². The number of morpholine rings is 1. The number of para-hydroxylation sites is 1. The van der Waals surface area contributed by atoms with Crippen molar-refractivity contribution >= 4 is 22.7 Å². The number of alkyl halides is 3. The monoisotopic (exact) mass is 543 g/mol. The summed E-state index contributed by atoms with van der Waals surface area (Å²) in [7, 11) is 0. The van der Waals surface area contributed by atoms with Gasteiger partial charge in [-0.3, -0.25) is 19.2 Å². The molecule has 0 aliphatic carbocycles. The van der Waals surface area contributed by atoms with Crippen LogP contribution in [0.1, 0.15) is 43.7 Å². The number of nitrogens with two attached hydrogens (primary N) is 2. The van der Waals surface area contributed by atoms with Crippen molar-refractivity contribution in [1.82, 2.24) is 24.8 Å². The Hall–Kier alpha value is -4.30. The smallest absolute Gasteiger partial charge is 0.379 e. The van der Waals surface area contributed by atoms with E-state index in [-0.39, 0.29) is 28.7 Å². The summed E-state index contributed by atoms with van der Waals surface area (Å²) in [5.41, 5.74) is 8.61. The molecule has 0 spiro atoms. The first kappa shape index (κ1) is 26.3. The number of carbonyl (C=O) groups excluding carboxylic acids is 2. The summed E-state index contributed by atoms with van der Waals surface area (Å²) in [6.07, 6.45) is -4.95. The van der Waals surface area contributed by atoms with E-state index < -0.39 is 40.5 Å². The summed E-state index contributed by atoms with van der Waals surface area (Å²) in [6.45, 7) is 4.33. The topological polar surface area (TPSA) is 155 Å². The van der Waals surface area contributed by atoms with Gasteiger partial charge in [-0.2, -0.15) is 18.3 Å². The number of hydrogen-bond donors (Lipinski definition) is 2. The molecule has 1 aliphatic rings. The maximum atomic E-state index is 14.3. The molecule has 0 radical (unpaired) electrons. The maximum absolute atomic E-state index is 14.3. The van der Waals surface area contributed by atoms with E-state index in [0.29, 0.717) is 31.2 Å². The zero-order valence-electron chi connectivity index (χ0n) is 20.8. The molecule has 0 unspecified atom stereocenters. The van der Waals surface area contributed by atoms with Crippen LogP contribution in [0.2, 0.25) is 0 Å². The van der Waals surface area contributed by atoms with Gasteiger partial charge in [0.2, 0.25) is 5.91 Å². The number of fused-ring (bicyclic) bond motifs is 1. The summed E-state index contributed by atoms with van der Waals surface area (Å²) in [4.78, 5) is 31.3. The average Bonchev–Trinajstić information content (AvgIpc) is 3.47. The number of ether oxygens (including phenoxy) is 1. The molecule has 0 bridgehead atoms. The van der Waals surface area contributed by atoms with Crippen molar-refractivity contribution in [1.29, 1.82) is 0 Å². The third-order valence-corrected chi connectivity index (χ3v) is 6.50. The summed E-state index contributed by atoms with van der Waals surface area (Å²) in [6, 6.07) is 7.79. The molecule has 4 aromatic rings. The van der Waals surface area contributed by atoms with Crippen molar-refractivity contribution in [3.05, 3.63) is 64.4 Å². The number of primary amides is 2. The first-order valence-corrected chi connectivity index (χ1v) is 12.0. The summed E-state index contributed by atoms with van der Waals surface area (Å²) in [5.74, 6) is -1.63. The molecular weight excluding hydrogens is 519 g/mol. The van der Waals surface area contributed by atoms with Crippen molar-refractivity contribution in [3.8, 4) is 11.1 Å². The Labute approximate surface area is 219 Å². The molecule has 1 aromatic carbocycles. The molecule has 3 aromatic heterocycles. The molecule has 1 aliphatic heterocycles. The summed E-state index contributed by atoms with van der Waals surface area (Å²) < 4.78 is 54.8. The van der Waals surface area contributed by atoms with Gasteiger partial charge in [0, 0.05) is 41.4 Å². The number of amides is 2. The van der Waals surface area contributed by atoms with Gasteiger partial charge in [-0.1, -0.05) is 23.4 Å². The molecule has 11 nitrogen and oxygen atoms in total. The van der Waals surface area contributed by atoms with E-state index in [1.54, 1.807) is 18.2 Å². The second-order valence-electron chi connectivity index (χ2n) is 9.09. The third kappa shape index (κ3) is 5.07. The number of carbonyl (C=O) groups is 2. The van der Waals surface area contributed by atoms with E-state index in [1.165, 1.54) is 19.1 Å². The van der Waals surface area contributed by atoms with Crippen LogP contribution >= 0.6 is 0 Å². The molecule has 1 fully saturated rings.